The summed E-state index contributed by atoms with van der Waals surface area (Å²) in [6.07, 6.45) is 4.46. The molecule has 1 aliphatic rings. The van der Waals surface area contributed by atoms with Crippen molar-refractivity contribution in [2.45, 2.75) is 31.2 Å². The average molecular weight is 236 g/mol. The van der Waals surface area contributed by atoms with Gasteiger partial charge in [-0.15, -0.1) is 0 Å². The van der Waals surface area contributed by atoms with Gasteiger partial charge in [0.1, 0.15) is 5.15 Å². The molecule has 1 saturated carbocycles. The van der Waals surface area contributed by atoms with Crippen LogP contribution in [0.1, 0.15) is 31.2 Å². The monoisotopic (exact) mass is 235 g/mol. The highest BCUT2D eigenvalue weighted by Gasteiger charge is 2.33. The molecule has 3 rings (SSSR count). The highest BCUT2D eigenvalue weighted by molar-refractivity contribution is 6.34. The summed E-state index contributed by atoms with van der Waals surface area (Å²) < 4.78 is 0. The second-order valence-electron chi connectivity index (χ2n) is 4.60. The Kier molecular flexibility index (Phi) is 2.19. The Bertz CT molecular complexity index is 526. The average Bonchev–Trinajstić information content (AvgIpc) is 2.87. The summed E-state index contributed by atoms with van der Waals surface area (Å²) in [6.45, 7) is 0. The zero-order valence-electron chi connectivity index (χ0n) is 8.96. The molecule has 0 atom stereocenters. The molecule has 16 heavy (non-hydrogen) atoms. The normalized spacial score (nSPS) is 19.4. The molecule has 3 nitrogen and oxygen atoms in total. The van der Waals surface area contributed by atoms with E-state index in [1.807, 2.05) is 12.1 Å². The van der Waals surface area contributed by atoms with Gasteiger partial charge in [0.2, 0.25) is 0 Å². The molecule has 1 aliphatic carbocycles. The van der Waals surface area contributed by atoms with E-state index >= 15 is 0 Å². The van der Waals surface area contributed by atoms with Crippen LogP contribution in [0.4, 0.5) is 0 Å². The van der Waals surface area contributed by atoms with Gasteiger partial charge in [0.05, 0.1) is 5.52 Å². The zero-order valence-corrected chi connectivity index (χ0v) is 9.72. The van der Waals surface area contributed by atoms with Crippen molar-refractivity contribution in [1.82, 2.24) is 10.2 Å². The standard InChI is InChI=1S/C12H14ClN3/c13-11-10-8(12(14)6-1-2-7-12)4-3-5-9(10)15-16-11/h3-5H,1-2,6-7,14H2,(H,15,16). The van der Waals surface area contributed by atoms with E-state index in [0.29, 0.717) is 5.15 Å². The Labute approximate surface area is 99.0 Å². The molecule has 0 amide bonds. The van der Waals surface area contributed by atoms with E-state index in [2.05, 4.69) is 16.3 Å². The van der Waals surface area contributed by atoms with Gasteiger partial charge in [-0.25, -0.2) is 0 Å². The number of fused-ring (bicyclic) bond motifs is 1. The minimum absolute atomic E-state index is 0.215. The first kappa shape index (κ1) is 10.1. The van der Waals surface area contributed by atoms with Crippen LogP contribution < -0.4 is 5.73 Å². The third kappa shape index (κ3) is 1.35. The fraction of sp³-hybridized carbons (Fsp3) is 0.417. The van der Waals surface area contributed by atoms with E-state index in [9.17, 15) is 0 Å². The number of aromatic amines is 1. The lowest BCUT2D eigenvalue weighted by atomic mass is 9.87. The predicted molar refractivity (Wildman–Crippen MR) is 65.4 cm³/mol. The minimum atomic E-state index is -0.215. The molecule has 84 valence electrons. The number of rotatable bonds is 1. The maximum Gasteiger partial charge on any atom is 0.132 e. The number of nitrogens with two attached hydrogens (primary N) is 1. The van der Waals surface area contributed by atoms with Crippen LogP contribution in [0.25, 0.3) is 10.9 Å². The van der Waals surface area contributed by atoms with Gasteiger partial charge < -0.3 is 5.73 Å². The first-order valence-electron chi connectivity index (χ1n) is 5.63. The van der Waals surface area contributed by atoms with Crippen LogP contribution in [0.5, 0.6) is 0 Å². The van der Waals surface area contributed by atoms with E-state index in [0.717, 1.165) is 29.3 Å². The Morgan fingerprint density at radius 1 is 1.31 bits per heavy atom. The number of aromatic nitrogens is 2. The number of hydrogen-bond donors (Lipinski definition) is 2. The number of nitrogens with zero attached hydrogens (tertiary/aromatic N) is 1. The van der Waals surface area contributed by atoms with E-state index < -0.39 is 0 Å². The number of nitrogens with one attached hydrogen (secondary N) is 1. The third-order valence-corrected chi connectivity index (χ3v) is 3.84. The summed E-state index contributed by atoms with van der Waals surface area (Å²) >= 11 is 6.14. The molecule has 4 heteroatoms. The third-order valence-electron chi connectivity index (χ3n) is 3.57. The van der Waals surface area contributed by atoms with E-state index in [4.69, 9.17) is 17.3 Å². The molecular formula is C12H14ClN3. The Hall–Kier alpha value is -1.06. The molecule has 0 unspecified atom stereocenters. The summed E-state index contributed by atoms with van der Waals surface area (Å²) in [4.78, 5) is 0. The maximum absolute atomic E-state index is 6.47. The molecule has 0 spiro atoms. The first-order valence-corrected chi connectivity index (χ1v) is 6.00. The van der Waals surface area contributed by atoms with Gasteiger partial charge in [0, 0.05) is 10.9 Å². The van der Waals surface area contributed by atoms with E-state index in [1.165, 1.54) is 12.8 Å². The maximum atomic E-state index is 6.47. The van der Waals surface area contributed by atoms with Crippen molar-refractivity contribution in [2.24, 2.45) is 5.73 Å². The Balaban J connectivity index is 2.26. The van der Waals surface area contributed by atoms with Gasteiger partial charge in [-0.3, -0.25) is 5.10 Å². The summed E-state index contributed by atoms with van der Waals surface area (Å²) in [7, 11) is 0. The molecule has 0 bridgehead atoms. The smallest absolute Gasteiger partial charge is 0.132 e. The van der Waals surface area contributed by atoms with Gasteiger partial charge >= 0.3 is 0 Å². The topological polar surface area (TPSA) is 54.7 Å². The minimum Gasteiger partial charge on any atom is -0.321 e. The van der Waals surface area contributed by atoms with Crippen molar-refractivity contribution >= 4 is 22.5 Å². The van der Waals surface area contributed by atoms with Crippen LogP contribution in [0.3, 0.4) is 0 Å². The van der Waals surface area contributed by atoms with Crippen LogP contribution in [0.15, 0.2) is 18.2 Å². The highest BCUT2D eigenvalue weighted by Crippen LogP contribution is 2.40. The van der Waals surface area contributed by atoms with E-state index in [-0.39, 0.29) is 5.54 Å². The molecule has 1 fully saturated rings. The van der Waals surface area contributed by atoms with Crippen molar-refractivity contribution in [2.75, 3.05) is 0 Å². The Morgan fingerprint density at radius 3 is 2.81 bits per heavy atom. The van der Waals surface area contributed by atoms with Crippen LogP contribution in [0.2, 0.25) is 5.15 Å². The summed E-state index contributed by atoms with van der Waals surface area (Å²) in [6, 6.07) is 6.04. The molecule has 3 N–H and O–H groups in total. The number of benzene rings is 1. The lowest BCUT2D eigenvalue weighted by Gasteiger charge is -2.24. The highest BCUT2D eigenvalue weighted by atomic mass is 35.5. The molecular weight excluding hydrogens is 222 g/mol. The second kappa shape index (κ2) is 3.47. The van der Waals surface area contributed by atoms with Crippen molar-refractivity contribution in [1.29, 1.82) is 0 Å². The quantitative estimate of drug-likeness (QED) is 0.799. The van der Waals surface area contributed by atoms with Gasteiger partial charge in [-0.2, -0.15) is 5.10 Å². The molecule has 1 heterocycles. The van der Waals surface area contributed by atoms with Crippen LogP contribution in [-0.4, -0.2) is 10.2 Å². The number of hydrogen-bond acceptors (Lipinski definition) is 2. The van der Waals surface area contributed by atoms with Crippen molar-refractivity contribution < 1.29 is 0 Å². The predicted octanol–water partition coefficient (Wildman–Crippen LogP) is 2.94. The molecule has 1 aromatic heterocycles. The summed E-state index contributed by atoms with van der Waals surface area (Å²) in [5.74, 6) is 0. The fourth-order valence-electron chi connectivity index (χ4n) is 2.72. The number of halogens is 1. The van der Waals surface area contributed by atoms with Crippen molar-refractivity contribution in [3.05, 3.63) is 28.9 Å². The van der Waals surface area contributed by atoms with Gasteiger partial charge in [0.15, 0.2) is 0 Å². The zero-order chi connectivity index (χ0) is 11.2. The molecule has 0 aliphatic heterocycles. The van der Waals surface area contributed by atoms with Crippen molar-refractivity contribution in [3.8, 4) is 0 Å². The summed E-state index contributed by atoms with van der Waals surface area (Å²) in [5, 5.41) is 8.58. The lowest BCUT2D eigenvalue weighted by molar-refractivity contribution is 0.466. The Morgan fingerprint density at radius 2 is 2.06 bits per heavy atom. The first-order chi connectivity index (χ1) is 7.71. The SMILES string of the molecule is NC1(c2cccc3n[nH]c(Cl)c23)CCCC1. The lowest BCUT2D eigenvalue weighted by Crippen LogP contribution is -2.33. The van der Waals surface area contributed by atoms with Gasteiger partial charge in [-0.05, 0) is 24.5 Å². The molecule has 1 aromatic carbocycles. The van der Waals surface area contributed by atoms with Crippen LogP contribution in [0, 0.1) is 0 Å². The summed E-state index contributed by atoms with van der Waals surface area (Å²) in [5.41, 5.74) is 8.30. The second-order valence-corrected chi connectivity index (χ2v) is 4.98. The van der Waals surface area contributed by atoms with Crippen LogP contribution in [-0.2, 0) is 5.54 Å². The molecule has 0 saturated heterocycles. The molecule has 0 radical (unpaired) electrons. The van der Waals surface area contributed by atoms with Gasteiger partial charge in [0.25, 0.3) is 0 Å². The van der Waals surface area contributed by atoms with Gasteiger partial charge in [-0.1, -0.05) is 36.6 Å². The fourth-order valence-corrected chi connectivity index (χ4v) is 2.96. The van der Waals surface area contributed by atoms with Crippen molar-refractivity contribution in [3.63, 3.8) is 0 Å². The largest absolute Gasteiger partial charge is 0.321 e. The molecule has 2 aromatic rings. The van der Waals surface area contributed by atoms with E-state index in [1.54, 1.807) is 0 Å². The van der Waals surface area contributed by atoms with Crippen LogP contribution >= 0.6 is 11.6 Å². The number of H-pyrrole nitrogens is 1.